The van der Waals surface area contributed by atoms with Crippen LogP contribution in [0.5, 0.6) is 0 Å². The smallest absolute Gasteiger partial charge is 0.139 e. The van der Waals surface area contributed by atoms with Crippen molar-refractivity contribution < 1.29 is 0 Å². The fraction of sp³-hybridized carbons (Fsp3) is 0.150. The van der Waals surface area contributed by atoms with Crippen LogP contribution in [0.3, 0.4) is 0 Å². The molecule has 0 aliphatic heterocycles. The highest BCUT2D eigenvalue weighted by Crippen LogP contribution is 2.36. The monoisotopic (exact) mass is 284 g/mol. The van der Waals surface area contributed by atoms with E-state index in [1.54, 1.807) is 0 Å². The van der Waals surface area contributed by atoms with Crippen molar-refractivity contribution in [2.45, 2.75) is 19.8 Å². The first-order valence-electron chi connectivity index (χ1n) is 7.80. The number of hydrogen-bond acceptors (Lipinski definition) is 1. The van der Waals surface area contributed by atoms with Crippen molar-refractivity contribution in [3.63, 3.8) is 0 Å². The Labute approximate surface area is 128 Å². The highest BCUT2D eigenvalue weighted by atomic mass is 14.9. The van der Waals surface area contributed by atoms with Crippen molar-refractivity contribution in [1.29, 1.82) is 0 Å². The van der Waals surface area contributed by atoms with E-state index in [9.17, 15) is 0 Å². The predicted octanol–water partition coefficient (Wildman–Crippen LogP) is 4.79. The molecule has 0 saturated heterocycles. The molecule has 0 atom stereocenters. The number of benzene rings is 3. The summed E-state index contributed by atoms with van der Waals surface area (Å²) in [5.41, 5.74) is 7.55. The normalized spacial score (nSPS) is 13.3. The Morgan fingerprint density at radius 3 is 2.73 bits per heavy atom. The van der Waals surface area contributed by atoms with Crippen molar-refractivity contribution in [3.8, 4) is 11.4 Å². The topological polar surface area (TPSA) is 28.7 Å². The third kappa shape index (κ3) is 1.58. The molecule has 1 heterocycles. The van der Waals surface area contributed by atoms with Crippen LogP contribution in [-0.4, -0.2) is 9.97 Å². The maximum absolute atomic E-state index is 4.80. The maximum atomic E-state index is 4.80. The standard InChI is InChI=1S/C20H16N2/c1-12-5-10-17-18(11-12)22-20(21-17)16-9-8-14-7-6-13-3-2-4-15(16)19(13)14/h2-5,8-11H,6-7H2,1H3,(H,21,22). The van der Waals surface area contributed by atoms with Crippen molar-refractivity contribution in [2.24, 2.45) is 0 Å². The average molecular weight is 284 g/mol. The molecule has 3 aromatic carbocycles. The number of rotatable bonds is 1. The molecule has 5 rings (SSSR count). The first-order valence-corrected chi connectivity index (χ1v) is 7.80. The largest absolute Gasteiger partial charge is 0.338 e. The highest BCUT2D eigenvalue weighted by Gasteiger charge is 2.17. The summed E-state index contributed by atoms with van der Waals surface area (Å²) >= 11 is 0. The molecule has 22 heavy (non-hydrogen) atoms. The molecule has 0 amide bonds. The third-order valence-corrected chi connectivity index (χ3v) is 4.77. The molecule has 106 valence electrons. The molecule has 2 heteroatoms. The minimum Gasteiger partial charge on any atom is -0.338 e. The van der Waals surface area contributed by atoms with E-state index < -0.39 is 0 Å². The molecule has 2 nitrogen and oxygen atoms in total. The Hall–Kier alpha value is -2.61. The number of nitrogens with zero attached hydrogens (tertiary/aromatic N) is 1. The average Bonchev–Trinajstić information content (AvgIpc) is 3.13. The molecule has 0 saturated carbocycles. The molecule has 0 unspecified atom stereocenters. The minimum atomic E-state index is 0.969. The van der Waals surface area contributed by atoms with Crippen LogP contribution < -0.4 is 0 Å². The Kier molecular flexibility index (Phi) is 2.29. The van der Waals surface area contributed by atoms with E-state index >= 15 is 0 Å². The summed E-state index contributed by atoms with van der Waals surface area (Å²) in [6.07, 6.45) is 2.32. The summed E-state index contributed by atoms with van der Waals surface area (Å²) in [6, 6.07) is 17.5. The van der Waals surface area contributed by atoms with Crippen molar-refractivity contribution >= 4 is 21.8 Å². The quantitative estimate of drug-likeness (QED) is 0.535. The molecular formula is C20H16N2. The van der Waals surface area contributed by atoms with Crippen LogP contribution in [0, 0.1) is 6.92 Å². The van der Waals surface area contributed by atoms with Crippen LogP contribution in [0.1, 0.15) is 16.7 Å². The summed E-state index contributed by atoms with van der Waals surface area (Å²) in [5.74, 6) is 0.969. The second-order valence-electron chi connectivity index (χ2n) is 6.22. The van der Waals surface area contributed by atoms with Crippen LogP contribution >= 0.6 is 0 Å². The SMILES string of the molecule is Cc1ccc2nc(-c3ccc4c5c(cccc35)CC4)[nH]c2c1. The molecule has 1 aromatic heterocycles. The first-order chi connectivity index (χ1) is 10.8. The molecule has 0 spiro atoms. The lowest BCUT2D eigenvalue weighted by molar-refractivity contribution is 1.02. The minimum absolute atomic E-state index is 0.969. The zero-order valence-corrected chi connectivity index (χ0v) is 12.5. The van der Waals surface area contributed by atoms with Gasteiger partial charge in [-0.1, -0.05) is 36.4 Å². The van der Waals surface area contributed by atoms with Crippen LogP contribution in [0.15, 0.2) is 48.5 Å². The lowest BCUT2D eigenvalue weighted by Gasteiger charge is -2.06. The Morgan fingerprint density at radius 2 is 1.82 bits per heavy atom. The van der Waals surface area contributed by atoms with Gasteiger partial charge in [0.05, 0.1) is 11.0 Å². The number of aromatic amines is 1. The third-order valence-electron chi connectivity index (χ3n) is 4.77. The predicted molar refractivity (Wildman–Crippen MR) is 91.2 cm³/mol. The van der Waals surface area contributed by atoms with Gasteiger partial charge in [0, 0.05) is 5.56 Å². The molecular weight excluding hydrogens is 268 g/mol. The summed E-state index contributed by atoms with van der Waals surface area (Å²) < 4.78 is 0. The zero-order valence-electron chi connectivity index (χ0n) is 12.5. The van der Waals surface area contributed by atoms with Gasteiger partial charge in [-0.15, -0.1) is 0 Å². The summed E-state index contributed by atoms with van der Waals surface area (Å²) in [5, 5.41) is 2.76. The van der Waals surface area contributed by atoms with Crippen molar-refractivity contribution in [3.05, 3.63) is 65.2 Å². The van der Waals surface area contributed by atoms with E-state index in [2.05, 4.69) is 60.4 Å². The summed E-state index contributed by atoms with van der Waals surface area (Å²) in [6.45, 7) is 2.11. The Balaban J connectivity index is 1.82. The van der Waals surface area contributed by atoms with Gasteiger partial charge in [-0.3, -0.25) is 0 Å². The van der Waals surface area contributed by atoms with Gasteiger partial charge >= 0.3 is 0 Å². The molecule has 4 aromatic rings. The van der Waals surface area contributed by atoms with Gasteiger partial charge in [0.1, 0.15) is 5.82 Å². The van der Waals surface area contributed by atoms with E-state index in [0.717, 1.165) is 29.7 Å². The first kappa shape index (κ1) is 12.0. The lowest BCUT2D eigenvalue weighted by Crippen LogP contribution is -1.86. The molecule has 1 aliphatic rings. The van der Waals surface area contributed by atoms with Gasteiger partial charge in [0.15, 0.2) is 0 Å². The second-order valence-corrected chi connectivity index (χ2v) is 6.22. The van der Waals surface area contributed by atoms with Gasteiger partial charge in [0.2, 0.25) is 0 Å². The number of aryl methyl sites for hydroxylation is 3. The summed E-state index contributed by atoms with van der Waals surface area (Å²) in [4.78, 5) is 8.29. The molecule has 0 radical (unpaired) electrons. The van der Waals surface area contributed by atoms with Gasteiger partial charge in [-0.25, -0.2) is 4.98 Å². The number of fused-ring (bicyclic) bond motifs is 1. The Morgan fingerprint density at radius 1 is 0.955 bits per heavy atom. The zero-order chi connectivity index (χ0) is 14.7. The fourth-order valence-corrected chi connectivity index (χ4v) is 3.70. The molecule has 0 fully saturated rings. The molecule has 1 aliphatic carbocycles. The van der Waals surface area contributed by atoms with Gasteiger partial charge in [-0.2, -0.15) is 0 Å². The van der Waals surface area contributed by atoms with Crippen molar-refractivity contribution in [2.75, 3.05) is 0 Å². The van der Waals surface area contributed by atoms with Crippen LogP contribution in [0.4, 0.5) is 0 Å². The van der Waals surface area contributed by atoms with Crippen molar-refractivity contribution in [1.82, 2.24) is 9.97 Å². The number of nitrogens with one attached hydrogen (secondary N) is 1. The van der Waals surface area contributed by atoms with Gasteiger partial charge in [0.25, 0.3) is 0 Å². The van der Waals surface area contributed by atoms with Crippen LogP contribution in [-0.2, 0) is 12.8 Å². The van der Waals surface area contributed by atoms with Gasteiger partial charge < -0.3 is 4.98 Å². The lowest BCUT2D eigenvalue weighted by atomic mass is 10.00. The van der Waals surface area contributed by atoms with Gasteiger partial charge in [-0.05, 0) is 59.4 Å². The Bertz CT molecular complexity index is 1030. The molecule has 1 N–H and O–H groups in total. The molecule has 0 bridgehead atoms. The van der Waals surface area contributed by atoms with E-state index in [1.165, 1.54) is 33.0 Å². The van der Waals surface area contributed by atoms with E-state index in [4.69, 9.17) is 4.98 Å². The summed E-state index contributed by atoms with van der Waals surface area (Å²) in [7, 11) is 0. The van der Waals surface area contributed by atoms with Crippen LogP contribution in [0.2, 0.25) is 0 Å². The number of hydrogen-bond donors (Lipinski definition) is 1. The number of aromatic nitrogens is 2. The maximum Gasteiger partial charge on any atom is 0.139 e. The van der Waals surface area contributed by atoms with E-state index in [1.807, 2.05) is 0 Å². The second kappa shape index (κ2) is 4.20. The highest BCUT2D eigenvalue weighted by molar-refractivity contribution is 6.01. The number of H-pyrrole nitrogens is 1. The van der Waals surface area contributed by atoms with E-state index in [-0.39, 0.29) is 0 Å². The fourth-order valence-electron chi connectivity index (χ4n) is 3.70. The van der Waals surface area contributed by atoms with Crippen LogP contribution in [0.25, 0.3) is 33.2 Å². The van der Waals surface area contributed by atoms with E-state index in [0.29, 0.717) is 0 Å². The number of imidazole rings is 1.